The average Bonchev–Trinajstić information content (AvgIpc) is 4.04. The normalized spacial score (nSPS) is 27.0. The van der Waals surface area contributed by atoms with Gasteiger partial charge in [0.2, 0.25) is 27.7 Å². The Balaban J connectivity index is 1.05. The predicted molar refractivity (Wildman–Crippen MR) is 222 cm³/mol. The van der Waals surface area contributed by atoms with Crippen LogP contribution in [0.4, 0.5) is 4.79 Å². The smallest absolute Gasteiger partial charge is 0.408 e. The lowest BCUT2D eigenvalue weighted by atomic mass is 10.0. The Morgan fingerprint density at radius 3 is 2.48 bits per heavy atom. The van der Waals surface area contributed by atoms with Crippen LogP contribution in [0.3, 0.4) is 0 Å². The molecule has 9 rings (SSSR count). The number of hydrogen-bond donors (Lipinski definition) is 3. The lowest BCUT2D eigenvalue weighted by molar-refractivity contribution is -0.141. The first-order chi connectivity index (χ1) is 29.0. The van der Waals surface area contributed by atoms with E-state index in [0.717, 1.165) is 49.5 Å². The summed E-state index contributed by atoms with van der Waals surface area (Å²) in [6, 6.07) is 14.4. The molecular formula is C43H48ClN7O8S. The molecule has 316 valence electrons. The molecule has 3 aliphatic carbocycles. The van der Waals surface area contributed by atoms with Gasteiger partial charge in [-0.25, -0.2) is 18.2 Å². The summed E-state index contributed by atoms with van der Waals surface area (Å²) in [5.74, 6) is -2.02. The van der Waals surface area contributed by atoms with E-state index >= 15 is 0 Å². The second kappa shape index (κ2) is 16.3. The second-order valence-corrected chi connectivity index (χ2v) is 19.1. The van der Waals surface area contributed by atoms with Gasteiger partial charge in [0.1, 0.15) is 29.8 Å². The Morgan fingerprint density at radius 2 is 1.70 bits per heavy atom. The summed E-state index contributed by atoms with van der Waals surface area (Å²) in [6.07, 6.45) is 10.0. The SMILES string of the molecule is O=C(N[C@H]1CCCCC/C=C\[C@@H]2C[C@@]2(C(=O)NS(=O)(=O)C2CC2)NC(=O)[C@@H]2C[C@@H](Oc3cc(-c4ccc(Cl)cc4)nc4c5ccccc5nn34)CN2C1=O)OC1CCCC1. The van der Waals surface area contributed by atoms with E-state index in [1.165, 1.54) is 4.90 Å². The van der Waals surface area contributed by atoms with Crippen LogP contribution in [0, 0.1) is 5.92 Å². The summed E-state index contributed by atoms with van der Waals surface area (Å²) < 4.78 is 42.2. The van der Waals surface area contributed by atoms with E-state index < -0.39 is 68.7 Å². The van der Waals surface area contributed by atoms with Gasteiger partial charge in [-0.2, -0.15) is 9.61 Å². The van der Waals surface area contributed by atoms with Crippen molar-refractivity contribution in [3.05, 3.63) is 71.8 Å². The summed E-state index contributed by atoms with van der Waals surface area (Å²) in [4.78, 5) is 62.9. The molecule has 4 heterocycles. The maximum absolute atomic E-state index is 14.8. The number of amides is 4. The van der Waals surface area contributed by atoms with Gasteiger partial charge in [0.25, 0.3) is 5.91 Å². The van der Waals surface area contributed by atoms with Gasteiger partial charge in [0, 0.05) is 34.4 Å². The van der Waals surface area contributed by atoms with Crippen molar-refractivity contribution in [2.45, 2.75) is 119 Å². The highest BCUT2D eigenvalue weighted by molar-refractivity contribution is 7.91. The highest BCUT2D eigenvalue weighted by Crippen LogP contribution is 2.46. The first-order valence-corrected chi connectivity index (χ1v) is 22.9. The van der Waals surface area contributed by atoms with Crippen LogP contribution in [-0.4, -0.2) is 93.4 Å². The molecule has 0 unspecified atom stereocenters. The van der Waals surface area contributed by atoms with E-state index in [2.05, 4.69) is 15.4 Å². The van der Waals surface area contributed by atoms with E-state index in [1.54, 1.807) is 22.7 Å². The van der Waals surface area contributed by atoms with Crippen molar-refractivity contribution >= 4 is 62.0 Å². The molecule has 3 saturated carbocycles. The molecule has 15 nitrogen and oxygen atoms in total. The molecule has 5 aliphatic rings. The van der Waals surface area contributed by atoms with E-state index in [-0.39, 0.29) is 25.5 Å². The van der Waals surface area contributed by atoms with Crippen LogP contribution in [0.1, 0.15) is 83.5 Å². The van der Waals surface area contributed by atoms with Gasteiger partial charge < -0.3 is 25.0 Å². The van der Waals surface area contributed by atoms with Crippen molar-refractivity contribution in [1.29, 1.82) is 0 Å². The number of fused-ring (bicyclic) bond motifs is 5. The van der Waals surface area contributed by atoms with Gasteiger partial charge in [-0.15, -0.1) is 0 Å². The highest BCUT2D eigenvalue weighted by Gasteiger charge is 2.62. The predicted octanol–water partition coefficient (Wildman–Crippen LogP) is 5.59. The number of aromatic nitrogens is 3. The third kappa shape index (κ3) is 8.27. The third-order valence-corrected chi connectivity index (χ3v) is 14.5. The van der Waals surface area contributed by atoms with Crippen LogP contribution in [0.15, 0.2) is 66.7 Å². The highest BCUT2D eigenvalue weighted by atomic mass is 35.5. The van der Waals surface area contributed by atoms with Crippen molar-refractivity contribution in [3.8, 4) is 17.1 Å². The minimum absolute atomic E-state index is 0.0241. The number of nitrogens with one attached hydrogen (secondary N) is 3. The fraction of sp³-hybridized carbons (Fsp3) is 0.488. The quantitative estimate of drug-likeness (QED) is 0.188. The van der Waals surface area contributed by atoms with Crippen molar-refractivity contribution in [3.63, 3.8) is 0 Å². The van der Waals surface area contributed by atoms with Gasteiger partial charge in [-0.3, -0.25) is 19.1 Å². The zero-order chi connectivity index (χ0) is 41.6. The molecule has 0 radical (unpaired) electrons. The molecule has 0 bridgehead atoms. The third-order valence-electron chi connectivity index (χ3n) is 12.4. The summed E-state index contributed by atoms with van der Waals surface area (Å²) in [6.45, 7) is -0.0355. The Bertz CT molecular complexity index is 2470. The lowest BCUT2D eigenvalue weighted by Gasteiger charge is -2.30. The number of hydrogen-bond acceptors (Lipinski definition) is 10. The van der Waals surface area contributed by atoms with Gasteiger partial charge in [-0.1, -0.05) is 60.9 Å². The molecule has 1 saturated heterocycles. The van der Waals surface area contributed by atoms with Crippen molar-refractivity contribution < 1.29 is 37.1 Å². The average molecular weight is 858 g/mol. The van der Waals surface area contributed by atoms with Crippen molar-refractivity contribution in [1.82, 2.24) is 34.9 Å². The van der Waals surface area contributed by atoms with E-state index in [0.29, 0.717) is 59.9 Å². The molecule has 2 aromatic heterocycles. The van der Waals surface area contributed by atoms with Crippen molar-refractivity contribution in [2.75, 3.05) is 6.54 Å². The van der Waals surface area contributed by atoms with Crippen LogP contribution in [0.5, 0.6) is 5.88 Å². The second-order valence-electron chi connectivity index (χ2n) is 16.7. The van der Waals surface area contributed by atoms with E-state index in [4.69, 9.17) is 31.2 Å². The van der Waals surface area contributed by atoms with Crippen LogP contribution in [0.2, 0.25) is 5.02 Å². The number of sulfonamides is 1. The van der Waals surface area contributed by atoms with Gasteiger partial charge in [-0.05, 0) is 88.5 Å². The zero-order valence-corrected chi connectivity index (χ0v) is 34.6. The first kappa shape index (κ1) is 40.2. The van der Waals surface area contributed by atoms with Crippen LogP contribution >= 0.6 is 11.6 Å². The van der Waals surface area contributed by atoms with E-state index in [9.17, 15) is 27.6 Å². The molecule has 4 amide bonds. The molecule has 17 heteroatoms. The summed E-state index contributed by atoms with van der Waals surface area (Å²) in [7, 11) is -3.91. The Morgan fingerprint density at radius 1 is 0.933 bits per heavy atom. The number of alkyl carbamates (subject to hydrolysis) is 1. The first-order valence-electron chi connectivity index (χ1n) is 21.0. The fourth-order valence-corrected chi connectivity index (χ4v) is 10.3. The number of nitrogens with zero attached hydrogens (tertiary/aromatic N) is 4. The number of carbonyl (C=O) groups excluding carboxylic acids is 4. The minimum atomic E-state index is -3.91. The number of benzene rings is 2. The van der Waals surface area contributed by atoms with Crippen molar-refractivity contribution in [2.24, 2.45) is 5.92 Å². The number of halogens is 1. The van der Waals surface area contributed by atoms with Gasteiger partial charge in [0.05, 0.1) is 23.0 Å². The van der Waals surface area contributed by atoms with Gasteiger partial charge in [0.15, 0.2) is 5.65 Å². The molecule has 0 spiro atoms. The number of carbonyl (C=O) groups is 4. The molecule has 2 aliphatic heterocycles. The molecule has 60 heavy (non-hydrogen) atoms. The number of allylic oxidation sites excluding steroid dienone is 1. The Hall–Kier alpha value is -5.22. The summed E-state index contributed by atoms with van der Waals surface area (Å²) >= 11 is 6.22. The lowest BCUT2D eigenvalue weighted by Crippen LogP contribution is -2.58. The van der Waals surface area contributed by atoms with Gasteiger partial charge >= 0.3 is 6.09 Å². The molecular weight excluding hydrogens is 810 g/mol. The molecule has 4 fully saturated rings. The Labute approximate surface area is 352 Å². The van der Waals surface area contributed by atoms with Crippen LogP contribution < -0.4 is 20.1 Å². The maximum atomic E-state index is 14.8. The number of rotatable bonds is 8. The molecule has 4 aromatic rings. The molecule has 2 aromatic carbocycles. The fourth-order valence-electron chi connectivity index (χ4n) is 8.81. The summed E-state index contributed by atoms with van der Waals surface area (Å²) in [5, 5.41) is 11.3. The zero-order valence-electron chi connectivity index (χ0n) is 33.1. The number of ether oxygens (including phenoxy) is 2. The summed E-state index contributed by atoms with van der Waals surface area (Å²) in [5.41, 5.74) is 1.08. The standard InChI is InChI=1S/C43H48ClN7O8S/c44-28-18-16-26(17-19-28)35-23-37(51-38(45-35)32-13-8-9-14-33(32)48-51)58-30-22-36-39(52)47-43(41(54)49-60(56,57)31-20-21-31)24-27(43)10-4-2-1-3-5-15-34(40(53)50(36)25-30)46-42(55)59-29-11-6-7-12-29/h4,8-10,13-14,16-19,23,27,29-31,34,36H,1-3,5-7,11-12,15,20-22,24-25H2,(H,46,55)(H,47,52)(H,49,54)/b10-4-/t27-,30-,34+,36+,43-/m1/s1. The largest absolute Gasteiger partial charge is 0.472 e. The minimum Gasteiger partial charge on any atom is -0.472 e. The maximum Gasteiger partial charge on any atom is 0.408 e. The van der Waals surface area contributed by atoms with E-state index in [1.807, 2.05) is 48.6 Å². The van der Waals surface area contributed by atoms with Crippen LogP contribution in [-0.2, 0) is 29.1 Å². The monoisotopic (exact) mass is 857 g/mol. The Kier molecular flexibility index (Phi) is 10.9. The topological polar surface area (TPSA) is 190 Å². The molecule has 3 N–H and O–H groups in total. The van der Waals surface area contributed by atoms with Crippen LogP contribution in [0.25, 0.3) is 27.8 Å². The molecule has 5 atom stereocenters.